The first-order valence-corrected chi connectivity index (χ1v) is 8.85. The standard InChI is InChI=1S/C19H26F2N4O2.HI/c1-5-22-18(25-12-17-24-11-16(27-17)19(2,3)4)23-8-9-26-15-7-6-13(20)10-14(15)21;/h6-7,10-11H,5,8-9,12H2,1-4H3,(H2,22,23,25);1H. The summed E-state index contributed by atoms with van der Waals surface area (Å²) in [5, 5.41) is 6.17. The summed E-state index contributed by atoms with van der Waals surface area (Å²) < 4.78 is 37.4. The van der Waals surface area contributed by atoms with Gasteiger partial charge in [0.2, 0.25) is 5.89 Å². The zero-order valence-electron chi connectivity index (χ0n) is 16.5. The molecule has 2 N–H and O–H groups in total. The number of halogens is 3. The molecule has 0 aliphatic heterocycles. The lowest BCUT2D eigenvalue weighted by molar-refractivity contribution is 0.304. The van der Waals surface area contributed by atoms with Crippen molar-refractivity contribution in [2.24, 2.45) is 4.99 Å². The summed E-state index contributed by atoms with van der Waals surface area (Å²) in [6.45, 7) is 9.66. The second-order valence-electron chi connectivity index (χ2n) is 6.91. The predicted octanol–water partition coefficient (Wildman–Crippen LogP) is 4.00. The van der Waals surface area contributed by atoms with Crippen LogP contribution in [-0.2, 0) is 12.0 Å². The van der Waals surface area contributed by atoms with Crippen molar-refractivity contribution in [2.75, 3.05) is 19.7 Å². The molecular weight excluding hydrogens is 481 g/mol. The Kier molecular flexibility index (Phi) is 9.63. The van der Waals surface area contributed by atoms with E-state index in [0.29, 0.717) is 31.5 Å². The van der Waals surface area contributed by atoms with Crippen molar-refractivity contribution in [3.63, 3.8) is 0 Å². The number of benzene rings is 1. The summed E-state index contributed by atoms with van der Waals surface area (Å²) >= 11 is 0. The van der Waals surface area contributed by atoms with Crippen molar-refractivity contribution in [1.29, 1.82) is 0 Å². The Morgan fingerprint density at radius 2 is 2.00 bits per heavy atom. The van der Waals surface area contributed by atoms with E-state index in [-0.39, 0.29) is 41.7 Å². The molecule has 0 fully saturated rings. The molecule has 0 saturated carbocycles. The number of oxazole rings is 1. The third-order valence-corrected chi connectivity index (χ3v) is 3.56. The zero-order valence-corrected chi connectivity index (χ0v) is 18.8. The molecule has 0 bridgehead atoms. The quantitative estimate of drug-likeness (QED) is 0.256. The lowest BCUT2D eigenvalue weighted by Crippen LogP contribution is -2.39. The molecule has 1 heterocycles. The van der Waals surface area contributed by atoms with Crippen LogP contribution in [-0.4, -0.2) is 30.6 Å². The SMILES string of the molecule is CCNC(=NCc1ncc(C(C)(C)C)o1)NCCOc1ccc(F)cc1F.I. The number of rotatable bonds is 7. The summed E-state index contributed by atoms with van der Waals surface area (Å²) in [7, 11) is 0. The molecule has 0 amide bonds. The van der Waals surface area contributed by atoms with Crippen molar-refractivity contribution < 1.29 is 17.9 Å². The smallest absolute Gasteiger partial charge is 0.216 e. The molecule has 28 heavy (non-hydrogen) atoms. The summed E-state index contributed by atoms with van der Waals surface area (Å²) in [6.07, 6.45) is 1.72. The summed E-state index contributed by atoms with van der Waals surface area (Å²) in [4.78, 5) is 8.65. The third-order valence-electron chi connectivity index (χ3n) is 3.56. The monoisotopic (exact) mass is 508 g/mol. The molecule has 2 aromatic rings. The van der Waals surface area contributed by atoms with Gasteiger partial charge in [-0.05, 0) is 19.1 Å². The Labute approximate surface area is 181 Å². The average molecular weight is 508 g/mol. The number of ether oxygens (including phenoxy) is 1. The van der Waals surface area contributed by atoms with Crippen LogP contribution in [0.25, 0.3) is 0 Å². The molecule has 0 aliphatic carbocycles. The molecule has 6 nitrogen and oxygen atoms in total. The number of nitrogens with zero attached hydrogens (tertiary/aromatic N) is 2. The van der Waals surface area contributed by atoms with E-state index in [4.69, 9.17) is 9.15 Å². The number of hydrogen-bond acceptors (Lipinski definition) is 4. The van der Waals surface area contributed by atoms with E-state index in [1.807, 2.05) is 6.92 Å². The van der Waals surface area contributed by atoms with E-state index < -0.39 is 11.6 Å². The molecule has 2 rings (SSSR count). The van der Waals surface area contributed by atoms with Crippen LogP contribution in [0.2, 0.25) is 0 Å². The molecule has 156 valence electrons. The normalized spacial score (nSPS) is 11.7. The molecule has 1 aromatic heterocycles. The summed E-state index contributed by atoms with van der Waals surface area (Å²) in [6, 6.07) is 3.20. The highest BCUT2D eigenvalue weighted by Crippen LogP contribution is 2.22. The molecule has 0 aliphatic rings. The van der Waals surface area contributed by atoms with Gasteiger partial charge in [0, 0.05) is 18.0 Å². The van der Waals surface area contributed by atoms with Crippen LogP contribution >= 0.6 is 24.0 Å². The van der Waals surface area contributed by atoms with E-state index in [0.717, 1.165) is 17.9 Å². The highest BCUT2D eigenvalue weighted by atomic mass is 127. The molecule has 1 aromatic carbocycles. The van der Waals surface area contributed by atoms with Gasteiger partial charge in [-0.2, -0.15) is 0 Å². The van der Waals surface area contributed by atoms with Gasteiger partial charge in [-0.25, -0.2) is 18.8 Å². The van der Waals surface area contributed by atoms with Gasteiger partial charge in [0.25, 0.3) is 0 Å². The third kappa shape index (κ3) is 7.61. The van der Waals surface area contributed by atoms with Gasteiger partial charge in [-0.15, -0.1) is 24.0 Å². The molecule has 0 unspecified atom stereocenters. The van der Waals surface area contributed by atoms with E-state index in [2.05, 4.69) is 41.4 Å². The first kappa shape index (κ1) is 24.1. The van der Waals surface area contributed by atoms with Gasteiger partial charge in [0.05, 0.1) is 12.7 Å². The van der Waals surface area contributed by atoms with Gasteiger partial charge < -0.3 is 19.8 Å². The second kappa shape index (κ2) is 11.2. The Balaban J connectivity index is 0.00000392. The van der Waals surface area contributed by atoms with E-state index in [1.165, 1.54) is 6.07 Å². The van der Waals surface area contributed by atoms with Gasteiger partial charge in [-0.1, -0.05) is 20.8 Å². The predicted molar refractivity (Wildman–Crippen MR) is 115 cm³/mol. The van der Waals surface area contributed by atoms with Crippen LogP contribution in [0.15, 0.2) is 33.8 Å². The highest BCUT2D eigenvalue weighted by molar-refractivity contribution is 14.0. The fourth-order valence-electron chi connectivity index (χ4n) is 2.14. The van der Waals surface area contributed by atoms with E-state index >= 15 is 0 Å². The van der Waals surface area contributed by atoms with Crippen molar-refractivity contribution >= 4 is 29.9 Å². The van der Waals surface area contributed by atoms with Gasteiger partial charge in [0.15, 0.2) is 17.5 Å². The topological polar surface area (TPSA) is 71.7 Å². The Morgan fingerprint density at radius 3 is 2.61 bits per heavy atom. The van der Waals surface area contributed by atoms with Crippen LogP contribution in [0.4, 0.5) is 8.78 Å². The second-order valence-corrected chi connectivity index (χ2v) is 6.91. The van der Waals surface area contributed by atoms with Crippen molar-refractivity contribution in [3.8, 4) is 5.75 Å². The highest BCUT2D eigenvalue weighted by Gasteiger charge is 2.19. The number of guanidine groups is 1. The Bertz CT molecular complexity index is 776. The minimum absolute atomic E-state index is 0. The van der Waals surface area contributed by atoms with Crippen LogP contribution in [0.1, 0.15) is 39.3 Å². The summed E-state index contributed by atoms with van der Waals surface area (Å²) in [5.41, 5.74) is -0.106. The van der Waals surface area contributed by atoms with Crippen LogP contribution < -0.4 is 15.4 Å². The first-order valence-electron chi connectivity index (χ1n) is 8.85. The Hall–Kier alpha value is -1.91. The fraction of sp³-hybridized carbons (Fsp3) is 0.474. The number of nitrogens with one attached hydrogen (secondary N) is 2. The van der Waals surface area contributed by atoms with Gasteiger partial charge >= 0.3 is 0 Å². The van der Waals surface area contributed by atoms with Gasteiger partial charge in [0.1, 0.15) is 24.7 Å². The van der Waals surface area contributed by atoms with Crippen LogP contribution in [0.3, 0.4) is 0 Å². The van der Waals surface area contributed by atoms with Crippen molar-refractivity contribution in [1.82, 2.24) is 15.6 Å². The molecular formula is C19H27F2IN4O2. The van der Waals surface area contributed by atoms with E-state index in [1.54, 1.807) is 6.20 Å². The van der Waals surface area contributed by atoms with E-state index in [9.17, 15) is 8.78 Å². The van der Waals surface area contributed by atoms with Gasteiger partial charge in [-0.3, -0.25) is 0 Å². The molecule has 0 atom stereocenters. The molecule has 9 heteroatoms. The van der Waals surface area contributed by atoms with Crippen molar-refractivity contribution in [3.05, 3.63) is 47.7 Å². The minimum atomic E-state index is -0.728. The lowest BCUT2D eigenvalue weighted by atomic mass is 9.94. The Morgan fingerprint density at radius 1 is 1.25 bits per heavy atom. The maximum Gasteiger partial charge on any atom is 0.216 e. The number of aromatic nitrogens is 1. The molecule has 0 spiro atoms. The average Bonchev–Trinajstić information content (AvgIpc) is 3.07. The maximum absolute atomic E-state index is 13.5. The molecule has 0 saturated heterocycles. The molecule has 0 radical (unpaired) electrons. The first-order chi connectivity index (χ1) is 12.8. The largest absolute Gasteiger partial charge is 0.489 e. The number of hydrogen-bond donors (Lipinski definition) is 2. The van der Waals surface area contributed by atoms with Crippen LogP contribution in [0.5, 0.6) is 5.75 Å². The summed E-state index contributed by atoms with van der Waals surface area (Å²) in [5.74, 6) is 0.544. The fourth-order valence-corrected chi connectivity index (χ4v) is 2.14. The van der Waals surface area contributed by atoms with Crippen LogP contribution in [0, 0.1) is 11.6 Å². The maximum atomic E-state index is 13.5. The van der Waals surface area contributed by atoms with Crippen molar-refractivity contribution in [2.45, 2.75) is 39.7 Å². The number of aliphatic imine (C=N–C) groups is 1. The lowest BCUT2D eigenvalue weighted by Gasteiger charge is -2.13. The minimum Gasteiger partial charge on any atom is -0.489 e. The zero-order chi connectivity index (χ0) is 19.9.